The molecule has 3 aromatic heterocycles. The summed E-state index contributed by atoms with van der Waals surface area (Å²) in [5.41, 5.74) is 0.617. The van der Waals surface area contributed by atoms with E-state index < -0.39 is 5.97 Å². The average Bonchev–Trinajstić information content (AvgIpc) is 3.16. The molecule has 1 N–H and O–H groups in total. The molecule has 7 heteroatoms. The Labute approximate surface area is 118 Å². The van der Waals surface area contributed by atoms with Crippen molar-refractivity contribution in [1.29, 1.82) is 0 Å². The van der Waals surface area contributed by atoms with Gasteiger partial charge in [0.2, 0.25) is 5.76 Å². The number of hydrogen-bond donors (Lipinski definition) is 1. The molecule has 0 aliphatic carbocycles. The first-order valence-corrected chi connectivity index (χ1v) is 6.03. The highest BCUT2D eigenvalue weighted by Gasteiger charge is 2.10. The molecule has 0 radical (unpaired) electrons. The lowest BCUT2D eigenvalue weighted by Crippen LogP contribution is -2.00. The third kappa shape index (κ3) is 2.92. The summed E-state index contributed by atoms with van der Waals surface area (Å²) < 4.78 is 15.7. The number of aromatic nitrogens is 2. The van der Waals surface area contributed by atoms with Crippen molar-refractivity contribution in [2.24, 2.45) is 0 Å². The van der Waals surface area contributed by atoms with Gasteiger partial charge in [-0.1, -0.05) is 5.16 Å². The van der Waals surface area contributed by atoms with E-state index in [0.29, 0.717) is 23.0 Å². The molecule has 0 saturated heterocycles. The molecule has 3 rings (SSSR count). The summed E-state index contributed by atoms with van der Waals surface area (Å²) in [5, 5.41) is 12.7. The van der Waals surface area contributed by atoms with Crippen LogP contribution in [-0.4, -0.2) is 21.2 Å². The summed E-state index contributed by atoms with van der Waals surface area (Å²) in [6, 6.07) is 6.58. The maximum atomic E-state index is 10.8. The lowest BCUT2D eigenvalue weighted by Gasteiger charge is -2.03. The van der Waals surface area contributed by atoms with Crippen molar-refractivity contribution < 1.29 is 23.6 Å². The Bertz CT molecular complexity index is 748. The van der Waals surface area contributed by atoms with Gasteiger partial charge in [-0.05, 0) is 18.2 Å². The van der Waals surface area contributed by atoms with Gasteiger partial charge in [0.1, 0.15) is 18.1 Å². The number of carboxylic acid groups (broad SMARTS) is 1. The summed E-state index contributed by atoms with van der Waals surface area (Å²) in [5.74, 6) is 0.353. The van der Waals surface area contributed by atoms with E-state index in [2.05, 4.69) is 10.1 Å². The van der Waals surface area contributed by atoms with E-state index in [9.17, 15) is 4.79 Å². The third-order valence-corrected chi connectivity index (χ3v) is 2.67. The summed E-state index contributed by atoms with van der Waals surface area (Å²) in [4.78, 5) is 14.6. The number of carbonyl (C=O) groups is 1. The Hall–Kier alpha value is -3.09. The van der Waals surface area contributed by atoms with Gasteiger partial charge in [-0.2, -0.15) is 0 Å². The summed E-state index contributed by atoms with van der Waals surface area (Å²) in [6.45, 7) is 0.134. The maximum absolute atomic E-state index is 10.8. The first-order valence-electron chi connectivity index (χ1n) is 6.03. The molecular formula is C14H10N2O5. The zero-order valence-corrected chi connectivity index (χ0v) is 10.7. The quantitative estimate of drug-likeness (QED) is 0.769. The lowest BCUT2D eigenvalue weighted by atomic mass is 10.3. The monoisotopic (exact) mass is 286 g/mol. The minimum atomic E-state index is -1.06. The SMILES string of the molecule is O=C(O)c1cncc(OCc2cc(-c3ccco3)on2)c1. The topological polar surface area (TPSA) is 98.6 Å². The fraction of sp³-hybridized carbons (Fsp3) is 0.0714. The zero-order chi connectivity index (χ0) is 14.7. The van der Waals surface area contributed by atoms with E-state index >= 15 is 0 Å². The number of aromatic carboxylic acids is 1. The van der Waals surface area contributed by atoms with Gasteiger partial charge in [0.25, 0.3) is 0 Å². The lowest BCUT2D eigenvalue weighted by molar-refractivity contribution is 0.0696. The smallest absolute Gasteiger partial charge is 0.337 e. The van der Waals surface area contributed by atoms with Crippen LogP contribution in [-0.2, 0) is 6.61 Å². The highest BCUT2D eigenvalue weighted by molar-refractivity contribution is 5.87. The molecule has 0 aromatic carbocycles. The maximum Gasteiger partial charge on any atom is 0.337 e. The fourth-order valence-electron chi connectivity index (χ4n) is 1.69. The zero-order valence-electron chi connectivity index (χ0n) is 10.7. The minimum Gasteiger partial charge on any atom is -0.486 e. The molecule has 0 bridgehead atoms. The normalized spacial score (nSPS) is 10.5. The summed E-state index contributed by atoms with van der Waals surface area (Å²) in [7, 11) is 0. The van der Waals surface area contributed by atoms with Crippen LogP contribution >= 0.6 is 0 Å². The van der Waals surface area contributed by atoms with E-state index in [1.807, 2.05) is 0 Å². The molecule has 106 valence electrons. The molecule has 3 heterocycles. The molecule has 21 heavy (non-hydrogen) atoms. The molecule has 7 nitrogen and oxygen atoms in total. The highest BCUT2D eigenvalue weighted by atomic mass is 16.5. The predicted molar refractivity (Wildman–Crippen MR) is 69.7 cm³/mol. The van der Waals surface area contributed by atoms with Gasteiger partial charge in [0.05, 0.1) is 18.0 Å². The second-order valence-corrected chi connectivity index (χ2v) is 4.16. The van der Waals surface area contributed by atoms with Crippen LogP contribution in [0.1, 0.15) is 16.1 Å². The number of hydrogen-bond acceptors (Lipinski definition) is 6. The van der Waals surface area contributed by atoms with Crippen molar-refractivity contribution in [3.63, 3.8) is 0 Å². The molecule has 0 aliphatic heterocycles. The van der Waals surface area contributed by atoms with E-state index in [1.54, 1.807) is 18.2 Å². The first kappa shape index (κ1) is 12.9. The van der Waals surface area contributed by atoms with Crippen LogP contribution in [0.5, 0.6) is 5.75 Å². The number of ether oxygens (including phenoxy) is 1. The molecule has 0 aliphatic rings. The van der Waals surface area contributed by atoms with Crippen molar-refractivity contribution in [2.75, 3.05) is 0 Å². The van der Waals surface area contributed by atoms with Gasteiger partial charge >= 0.3 is 5.97 Å². The standard InChI is InChI=1S/C14H10N2O5/c17-14(18)9-4-11(7-15-6-9)20-8-10-5-13(21-16-10)12-2-1-3-19-12/h1-7H,8H2,(H,17,18). The van der Waals surface area contributed by atoms with Crippen LogP contribution < -0.4 is 4.74 Å². The van der Waals surface area contributed by atoms with Crippen molar-refractivity contribution in [2.45, 2.75) is 6.61 Å². The summed E-state index contributed by atoms with van der Waals surface area (Å²) >= 11 is 0. The largest absolute Gasteiger partial charge is 0.486 e. The molecule has 0 spiro atoms. The predicted octanol–water partition coefficient (Wildman–Crippen LogP) is 2.61. The Morgan fingerprint density at radius 3 is 2.95 bits per heavy atom. The van der Waals surface area contributed by atoms with Crippen molar-refractivity contribution >= 4 is 5.97 Å². The van der Waals surface area contributed by atoms with Crippen LogP contribution in [0, 0.1) is 0 Å². The summed E-state index contributed by atoms with van der Waals surface area (Å²) in [6.07, 6.45) is 4.22. The van der Waals surface area contributed by atoms with Crippen LogP contribution in [0.15, 0.2) is 51.9 Å². The molecule has 0 amide bonds. The third-order valence-electron chi connectivity index (χ3n) is 2.67. The Morgan fingerprint density at radius 2 is 2.19 bits per heavy atom. The second-order valence-electron chi connectivity index (χ2n) is 4.16. The fourth-order valence-corrected chi connectivity index (χ4v) is 1.69. The van der Waals surface area contributed by atoms with E-state index in [0.717, 1.165) is 0 Å². The number of pyridine rings is 1. The van der Waals surface area contributed by atoms with Gasteiger partial charge in [0, 0.05) is 12.3 Å². The van der Waals surface area contributed by atoms with E-state index in [1.165, 1.54) is 24.7 Å². The number of furan rings is 1. The van der Waals surface area contributed by atoms with Crippen LogP contribution in [0.2, 0.25) is 0 Å². The van der Waals surface area contributed by atoms with Crippen LogP contribution in [0.3, 0.4) is 0 Å². The van der Waals surface area contributed by atoms with Gasteiger partial charge in [-0.15, -0.1) is 0 Å². The highest BCUT2D eigenvalue weighted by Crippen LogP contribution is 2.21. The van der Waals surface area contributed by atoms with Gasteiger partial charge < -0.3 is 18.8 Å². The van der Waals surface area contributed by atoms with E-state index in [4.69, 9.17) is 18.8 Å². The molecular weight excluding hydrogens is 276 g/mol. The molecule has 0 atom stereocenters. The molecule has 0 unspecified atom stereocenters. The number of nitrogens with zero attached hydrogens (tertiary/aromatic N) is 2. The first-order chi connectivity index (χ1) is 10.2. The molecule has 0 saturated carbocycles. The Balaban J connectivity index is 1.68. The minimum absolute atomic E-state index is 0.0592. The van der Waals surface area contributed by atoms with Crippen molar-refractivity contribution in [1.82, 2.24) is 10.1 Å². The van der Waals surface area contributed by atoms with Crippen LogP contribution in [0.25, 0.3) is 11.5 Å². The Kier molecular flexibility index (Phi) is 3.38. The molecule has 0 fully saturated rings. The number of rotatable bonds is 5. The molecule has 3 aromatic rings. The number of carboxylic acids is 1. The van der Waals surface area contributed by atoms with Crippen molar-refractivity contribution in [3.8, 4) is 17.3 Å². The van der Waals surface area contributed by atoms with Gasteiger partial charge in [0.15, 0.2) is 5.76 Å². The van der Waals surface area contributed by atoms with Gasteiger partial charge in [-0.25, -0.2) is 4.79 Å². The van der Waals surface area contributed by atoms with Crippen LogP contribution in [0.4, 0.5) is 0 Å². The van der Waals surface area contributed by atoms with Gasteiger partial charge in [-0.3, -0.25) is 4.98 Å². The second kappa shape index (κ2) is 5.49. The Morgan fingerprint density at radius 1 is 1.29 bits per heavy atom. The van der Waals surface area contributed by atoms with Crippen molar-refractivity contribution in [3.05, 3.63) is 54.2 Å². The average molecular weight is 286 g/mol. The van der Waals surface area contributed by atoms with E-state index in [-0.39, 0.29) is 12.2 Å².